The molecule has 1 amide bonds. The lowest BCUT2D eigenvalue weighted by Gasteiger charge is -2.15. The van der Waals surface area contributed by atoms with E-state index in [1.165, 1.54) is 140 Å². The van der Waals surface area contributed by atoms with Crippen LogP contribution in [0.2, 0.25) is 0 Å². The Hall–Kier alpha value is -2.24. The molecular weight excluding hydrogens is 502 g/mol. The summed E-state index contributed by atoms with van der Waals surface area (Å²) in [7, 11) is 0. The number of carboxylic acid groups (broad SMARTS) is 1. The van der Waals surface area contributed by atoms with Gasteiger partial charge < -0.3 is 20.6 Å². The van der Waals surface area contributed by atoms with Crippen molar-refractivity contribution in [3.63, 3.8) is 0 Å². The minimum atomic E-state index is -1.12. The number of carbonyl (C=O) groups is 2. The predicted octanol–water partition coefficient (Wildman–Crippen LogP) is 9.20. The molecule has 1 rings (SSSR count). The molecule has 0 saturated carbocycles. The van der Waals surface area contributed by atoms with Crippen LogP contribution in [0.5, 0.6) is 11.5 Å². The molecule has 0 aromatic heterocycles. The molecule has 0 heterocycles. The molecule has 0 radical (unpaired) electrons. The molecule has 4 N–H and O–H groups in total. The molecule has 0 aliphatic carbocycles. The molecule has 0 spiro atoms. The van der Waals surface area contributed by atoms with Gasteiger partial charge in [0.2, 0.25) is 5.91 Å². The third kappa shape index (κ3) is 19.8. The average molecular weight is 562 g/mol. The summed E-state index contributed by atoms with van der Waals surface area (Å²) >= 11 is 0. The zero-order valence-electron chi connectivity index (χ0n) is 25.4. The summed E-state index contributed by atoms with van der Waals surface area (Å²) in [6, 6.07) is 3.11. The number of unbranched alkanes of at least 4 members (excludes halogenated alkanes) is 21. The first-order valence-corrected chi connectivity index (χ1v) is 16.5. The third-order valence-corrected chi connectivity index (χ3v) is 7.87. The molecule has 0 aliphatic heterocycles. The SMILES string of the molecule is CCCCCCCCCCCCCCCCCCCCCCCCC(=O)N[C@@H](Cc1ccc(O)c(O)c1)C(=O)O. The van der Waals surface area contributed by atoms with Crippen LogP contribution >= 0.6 is 0 Å². The summed E-state index contributed by atoms with van der Waals surface area (Å²) in [5, 5.41) is 31.0. The summed E-state index contributed by atoms with van der Waals surface area (Å²) in [5.41, 5.74) is 0.535. The highest BCUT2D eigenvalue weighted by Gasteiger charge is 2.20. The number of aromatic hydroxyl groups is 2. The van der Waals surface area contributed by atoms with Crippen molar-refractivity contribution in [2.24, 2.45) is 0 Å². The van der Waals surface area contributed by atoms with Gasteiger partial charge in [-0.05, 0) is 24.1 Å². The minimum absolute atomic E-state index is 0.0499. The lowest BCUT2D eigenvalue weighted by molar-refractivity contribution is -0.141. The van der Waals surface area contributed by atoms with Gasteiger partial charge in [0.15, 0.2) is 11.5 Å². The zero-order chi connectivity index (χ0) is 29.3. The van der Waals surface area contributed by atoms with E-state index in [0.29, 0.717) is 12.0 Å². The maximum atomic E-state index is 12.2. The fraction of sp³-hybridized carbons (Fsp3) is 0.765. The van der Waals surface area contributed by atoms with Crippen LogP contribution in [0.15, 0.2) is 18.2 Å². The standard InChI is InChI=1S/C34H59NO5/c1-2-3-4-5-6-7-8-9-10-11-12-13-14-15-16-17-18-19-20-21-22-23-24-33(38)35-30(34(39)40)27-29-25-26-31(36)32(37)28-29/h25-26,28,30,36-37H,2-24,27H2,1H3,(H,35,38)(H,39,40)/t30-/m0/s1. The van der Waals surface area contributed by atoms with E-state index in [0.717, 1.165) is 19.3 Å². The van der Waals surface area contributed by atoms with Gasteiger partial charge >= 0.3 is 5.97 Å². The fourth-order valence-electron chi connectivity index (χ4n) is 5.29. The maximum absolute atomic E-state index is 12.2. The Morgan fingerprint density at radius 2 is 1.02 bits per heavy atom. The van der Waals surface area contributed by atoms with Gasteiger partial charge in [0.25, 0.3) is 0 Å². The number of aliphatic carboxylic acids is 1. The first kappa shape index (κ1) is 35.8. The minimum Gasteiger partial charge on any atom is -0.504 e. The van der Waals surface area contributed by atoms with Gasteiger partial charge in [0.05, 0.1) is 0 Å². The van der Waals surface area contributed by atoms with Gasteiger partial charge in [-0.3, -0.25) is 4.79 Å². The van der Waals surface area contributed by atoms with Crippen LogP contribution in [0.25, 0.3) is 0 Å². The van der Waals surface area contributed by atoms with Crippen LogP contribution in [-0.4, -0.2) is 33.2 Å². The molecule has 1 atom stereocenters. The Labute approximate surface area is 244 Å². The quantitative estimate of drug-likeness (QED) is 0.0632. The van der Waals surface area contributed by atoms with Crippen molar-refractivity contribution in [1.82, 2.24) is 5.32 Å². The monoisotopic (exact) mass is 561 g/mol. The van der Waals surface area contributed by atoms with Crippen molar-refractivity contribution < 1.29 is 24.9 Å². The highest BCUT2D eigenvalue weighted by atomic mass is 16.4. The number of carbonyl (C=O) groups excluding carboxylic acids is 1. The molecule has 40 heavy (non-hydrogen) atoms. The fourth-order valence-corrected chi connectivity index (χ4v) is 5.29. The number of nitrogens with one attached hydrogen (secondary N) is 1. The highest BCUT2D eigenvalue weighted by molar-refractivity contribution is 5.83. The van der Waals surface area contributed by atoms with E-state index >= 15 is 0 Å². The maximum Gasteiger partial charge on any atom is 0.326 e. The molecule has 6 heteroatoms. The van der Waals surface area contributed by atoms with Crippen LogP contribution in [0, 0.1) is 0 Å². The molecule has 1 aromatic carbocycles. The van der Waals surface area contributed by atoms with Gasteiger partial charge in [0.1, 0.15) is 6.04 Å². The Balaban J connectivity index is 1.88. The van der Waals surface area contributed by atoms with Crippen molar-refractivity contribution in [2.45, 2.75) is 167 Å². The van der Waals surface area contributed by atoms with E-state index in [1.807, 2.05) is 0 Å². The second kappa shape index (κ2) is 24.5. The van der Waals surface area contributed by atoms with Gasteiger partial charge in [-0.1, -0.05) is 148 Å². The molecule has 0 fully saturated rings. The summed E-state index contributed by atoms with van der Waals surface area (Å²) in [6.07, 6.45) is 29.4. The number of hydrogen-bond donors (Lipinski definition) is 4. The smallest absolute Gasteiger partial charge is 0.326 e. The topological polar surface area (TPSA) is 107 Å². The van der Waals surface area contributed by atoms with Crippen LogP contribution < -0.4 is 5.32 Å². The molecule has 0 bridgehead atoms. The summed E-state index contributed by atoms with van der Waals surface area (Å²) in [5.74, 6) is -1.94. The van der Waals surface area contributed by atoms with Crippen molar-refractivity contribution in [1.29, 1.82) is 0 Å². The van der Waals surface area contributed by atoms with Crippen LogP contribution in [0.3, 0.4) is 0 Å². The van der Waals surface area contributed by atoms with Crippen molar-refractivity contribution in [2.75, 3.05) is 0 Å². The van der Waals surface area contributed by atoms with E-state index in [1.54, 1.807) is 0 Å². The van der Waals surface area contributed by atoms with Gasteiger partial charge in [-0.25, -0.2) is 4.79 Å². The number of hydrogen-bond acceptors (Lipinski definition) is 4. The van der Waals surface area contributed by atoms with E-state index in [4.69, 9.17) is 0 Å². The number of amides is 1. The second-order valence-electron chi connectivity index (χ2n) is 11.7. The number of carboxylic acids is 1. The van der Waals surface area contributed by atoms with E-state index < -0.39 is 12.0 Å². The molecule has 230 valence electrons. The molecule has 1 aromatic rings. The molecule has 0 aliphatic rings. The normalized spacial score (nSPS) is 11.9. The van der Waals surface area contributed by atoms with Gasteiger partial charge in [-0.2, -0.15) is 0 Å². The Morgan fingerprint density at radius 3 is 1.40 bits per heavy atom. The Bertz CT molecular complexity index is 782. The predicted molar refractivity (Wildman–Crippen MR) is 165 cm³/mol. The molecule has 6 nitrogen and oxygen atoms in total. The van der Waals surface area contributed by atoms with E-state index in [-0.39, 0.29) is 23.8 Å². The number of phenolic OH excluding ortho intramolecular Hbond substituents is 2. The van der Waals surface area contributed by atoms with Gasteiger partial charge in [0, 0.05) is 12.8 Å². The van der Waals surface area contributed by atoms with Crippen LogP contribution in [0.1, 0.15) is 160 Å². The van der Waals surface area contributed by atoms with E-state index in [9.17, 15) is 24.9 Å². The summed E-state index contributed by atoms with van der Waals surface area (Å²) in [4.78, 5) is 23.8. The second-order valence-corrected chi connectivity index (χ2v) is 11.7. The van der Waals surface area contributed by atoms with Crippen molar-refractivity contribution in [3.05, 3.63) is 23.8 Å². The summed E-state index contributed by atoms with van der Waals surface area (Å²) in [6.45, 7) is 2.28. The zero-order valence-corrected chi connectivity index (χ0v) is 25.4. The average Bonchev–Trinajstić information content (AvgIpc) is 2.93. The Morgan fingerprint density at radius 1 is 0.625 bits per heavy atom. The first-order valence-electron chi connectivity index (χ1n) is 16.5. The van der Waals surface area contributed by atoms with Gasteiger partial charge in [-0.15, -0.1) is 0 Å². The highest BCUT2D eigenvalue weighted by Crippen LogP contribution is 2.25. The Kier molecular flexibility index (Phi) is 22.0. The number of phenols is 2. The third-order valence-electron chi connectivity index (χ3n) is 7.87. The molecule has 0 unspecified atom stereocenters. The van der Waals surface area contributed by atoms with Crippen LogP contribution in [-0.2, 0) is 16.0 Å². The first-order chi connectivity index (χ1) is 19.4. The molecule has 0 saturated heterocycles. The lowest BCUT2D eigenvalue weighted by atomic mass is 10.0. The van der Waals surface area contributed by atoms with E-state index in [2.05, 4.69) is 12.2 Å². The number of rotatable bonds is 27. The molecular formula is C34H59NO5. The largest absolute Gasteiger partial charge is 0.504 e. The van der Waals surface area contributed by atoms with Crippen LogP contribution in [0.4, 0.5) is 0 Å². The van der Waals surface area contributed by atoms with Crippen molar-refractivity contribution in [3.8, 4) is 11.5 Å². The summed E-state index contributed by atoms with van der Waals surface area (Å²) < 4.78 is 0. The van der Waals surface area contributed by atoms with Crippen molar-refractivity contribution >= 4 is 11.9 Å². The number of benzene rings is 1. The lowest BCUT2D eigenvalue weighted by Crippen LogP contribution is -2.42.